The van der Waals surface area contributed by atoms with Gasteiger partial charge in [0.25, 0.3) is 5.91 Å². The zero-order valence-corrected chi connectivity index (χ0v) is 19.8. The number of nitrogens with one attached hydrogen (secondary N) is 1. The standard InChI is InChI=1S/C27H24F4N4O2/c1-26(15-36)21-13-19(35-23(22(21)26)16-7-9-17(28)10-8-16)11-12-33-25(37)20(24(32)27(29,30)31)14-34-18-5-3-2-4-6-18/h2-10,13-14,36H,11-12,15,32H2,1H3,(H,33,37)/b24-20+,34-14?. The number of rotatable bonds is 8. The molecule has 0 spiro atoms. The molecule has 0 fully saturated rings. The van der Waals surface area contributed by atoms with Crippen LogP contribution in [0, 0.1) is 5.82 Å². The first kappa shape index (κ1) is 26.0. The second-order valence-corrected chi connectivity index (χ2v) is 8.81. The molecule has 37 heavy (non-hydrogen) atoms. The highest BCUT2D eigenvalue weighted by molar-refractivity contribution is 6.13. The second kappa shape index (κ2) is 10.1. The van der Waals surface area contributed by atoms with Gasteiger partial charge >= 0.3 is 6.18 Å². The molecule has 6 nitrogen and oxygen atoms in total. The quantitative estimate of drug-likeness (QED) is 0.238. The lowest BCUT2D eigenvalue weighted by atomic mass is 10.0. The number of carbonyl (C=O) groups excluding carboxylic acids is 1. The number of aliphatic hydroxyl groups is 1. The summed E-state index contributed by atoms with van der Waals surface area (Å²) in [4.78, 5) is 21.2. The molecule has 1 heterocycles. The van der Waals surface area contributed by atoms with E-state index in [0.717, 1.165) is 17.3 Å². The highest BCUT2D eigenvalue weighted by atomic mass is 19.4. The number of alkyl halides is 3. The topological polar surface area (TPSA) is 101 Å². The molecule has 4 rings (SSSR count). The molecule has 3 aromatic rings. The van der Waals surface area contributed by atoms with Crippen molar-refractivity contribution in [3.05, 3.63) is 94.6 Å². The predicted octanol–water partition coefficient (Wildman–Crippen LogP) is 4.34. The SMILES string of the molecule is CC1(CO)c2cc(CCNC(=O)/C(C=Nc3ccccc3)=C(/N)C(F)(F)F)nc(-c3ccc(F)cc3)c21. The summed E-state index contributed by atoms with van der Waals surface area (Å²) in [5, 5.41) is 12.3. The van der Waals surface area contributed by atoms with E-state index in [-0.39, 0.29) is 19.6 Å². The fraction of sp³-hybridized carbons (Fsp3) is 0.222. The van der Waals surface area contributed by atoms with Gasteiger partial charge in [-0.3, -0.25) is 14.8 Å². The zero-order chi connectivity index (χ0) is 26.8. The molecule has 4 N–H and O–H groups in total. The van der Waals surface area contributed by atoms with Crippen LogP contribution in [0.4, 0.5) is 23.2 Å². The van der Waals surface area contributed by atoms with E-state index in [4.69, 9.17) is 5.73 Å². The van der Waals surface area contributed by atoms with Gasteiger partial charge in [0.2, 0.25) is 0 Å². The van der Waals surface area contributed by atoms with Crippen molar-refractivity contribution in [2.24, 2.45) is 10.7 Å². The van der Waals surface area contributed by atoms with Crippen molar-refractivity contribution in [1.29, 1.82) is 0 Å². The molecule has 0 saturated carbocycles. The second-order valence-electron chi connectivity index (χ2n) is 8.81. The normalized spacial score (nSPS) is 17.4. The molecule has 1 unspecified atom stereocenters. The third-order valence-electron chi connectivity index (χ3n) is 6.20. The molecule has 1 amide bonds. The fourth-order valence-electron chi connectivity index (χ4n) is 4.02. The average Bonchev–Trinajstić information content (AvgIpc) is 3.48. The van der Waals surface area contributed by atoms with Crippen molar-refractivity contribution in [3.8, 4) is 11.3 Å². The number of aliphatic hydroxyl groups excluding tert-OH is 1. The largest absolute Gasteiger partial charge is 0.431 e. The van der Waals surface area contributed by atoms with E-state index in [1.807, 2.05) is 6.92 Å². The van der Waals surface area contributed by atoms with Crippen LogP contribution in [-0.2, 0) is 16.6 Å². The lowest BCUT2D eigenvalue weighted by molar-refractivity contribution is -0.118. The van der Waals surface area contributed by atoms with Crippen molar-refractivity contribution < 1.29 is 27.5 Å². The Labute approximate surface area is 210 Å². The minimum Gasteiger partial charge on any atom is -0.395 e. The first-order valence-corrected chi connectivity index (χ1v) is 11.4. The third kappa shape index (κ3) is 5.54. The fourth-order valence-corrected chi connectivity index (χ4v) is 4.02. The molecule has 1 aromatic heterocycles. The molecular formula is C27H24F4N4O2. The Hall–Kier alpha value is -4.05. The van der Waals surface area contributed by atoms with Gasteiger partial charge in [0, 0.05) is 35.9 Å². The van der Waals surface area contributed by atoms with Gasteiger partial charge in [-0.2, -0.15) is 13.2 Å². The summed E-state index contributed by atoms with van der Waals surface area (Å²) < 4.78 is 53.3. The molecule has 1 atom stereocenters. The van der Waals surface area contributed by atoms with E-state index >= 15 is 0 Å². The molecule has 0 saturated heterocycles. The first-order chi connectivity index (χ1) is 17.5. The number of allylic oxidation sites excluding steroid dienone is 1. The summed E-state index contributed by atoms with van der Waals surface area (Å²) in [5.41, 5.74) is 6.23. The highest BCUT2D eigenvalue weighted by Crippen LogP contribution is 2.53. The monoisotopic (exact) mass is 512 g/mol. The molecule has 10 heteroatoms. The minimum absolute atomic E-state index is 0.0306. The number of benzene rings is 2. The van der Waals surface area contributed by atoms with E-state index in [9.17, 15) is 27.5 Å². The number of aromatic nitrogens is 1. The maximum absolute atomic E-state index is 13.4. The van der Waals surface area contributed by atoms with Gasteiger partial charge < -0.3 is 16.2 Å². The number of halogens is 4. The van der Waals surface area contributed by atoms with E-state index in [1.54, 1.807) is 48.5 Å². The summed E-state index contributed by atoms with van der Waals surface area (Å²) in [7, 11) is 0. The number of amides is 1. The van der Waals surface area contributed by atoms with Crippen LogP contribution >= 0.6 is 0 Å². The van der Waals surface area contributed by atoms with Gasteiger partial charge in [-0.1, -0.05) is 18.2 Å². The van der Waals surface area contributed by atoms with Crippen molar-refractivity contribution in [1.82, 2.24) is 10.3 Å². The predicted molar refractivity (Wildman–Crippen MR) is 132 cm³/mol. The number of hydrogen-bond acceptors (Lipinski definition) is 5. The maximum Gasteiger partial charge on any atom is 0.431 e. The van der Waals surface area contributed by atoms with E-state index in [1.165, 1.54) is 12.1 Å². The summed E-state index contributed by atoms with van der Waals surface area (Å²) in [6, 6.07) is 15.8. The van der Waals surface area contributed by atoms with Gasteiger partial charge in [-0.15, -0.1) is 0 Å². The van der Waals surface area contributed by atoms with E-state index in [2.05, 4.69) is 15.3 Å². The zero-order valence-electron chi connectivity index (χ0n) is 19.8. The summed E-state index contributed by atoms with van der Waals surface area (Å²) >= 11 is 0. The first-order valence-electron chi connectivity index (χ1n) is 11.4. The van der Waals surface area contributed by atoms with Gasteiger partial charge in [0.15, 0.2) is 0 Å². The number of hydrogen-bond donors (Lipinski definition) is 3. The molecule has 0 aliphatic heterocycles. The Morgan fingerprint density at radius 1 is 1.16 bits per heavy atom. The van der Waals surface area contributed by atoms with Crippen LogP contribution in [0.1, 0.15) is 23.7 Å². The van der Waals surface area contributed by atoms with Crippen LogP contribution in [-0.4, -0.2) is 41.5 Å². The third-order valence-corrected chi connectivity index (χ3v) is 6.20. The molecule has 2 aromatic carbocycles. The number of nitrogens with zero attached hydrogens (tertiary/aromatic N) is 2. The van der Waals surface area contributed by atoms with Gasteiger partial charge in [0.05, 0.1) is 23.6 Å². The summed E-state index contributed by atoms with van der Waals surface area (Å²) in [6.07, 6.45) is -3.92. The molecule has 1 aliphatic carbocycles. The maximum atomic E-state index is 13.4. The molecule has 0 radical (unpaired) electrons. The number of aliphatic imine (C=N–C) groups is 1. The Morgan fingerprint density at radius 2 is 1.84 bits per heavy atom. The van der Waals surface area contributed by atoms with Crippen molar-refractivity contribution >= 4 is 17.8 Å². The van der Waals surface area contributed by atoms with Crippen LogP contribution in [0.15, 0.2) is 76.9 Å². The van der Waals surface area contributed by atoms with Crippen LogP contribution in [0.5, 0.6) is 0 Å². The van der Waals surface area contributed by atoms with Gasteiger partial charge in [0.1, 0.15) is 11.5 Å². The van der Waals surface area contributed by atoms with Crippen LogP contribution in [0.25, 0.3) is 11.3 Å². The van der Waals surface area contributed by atoms with Crippen LogP contribution in [0.3, 0.4) is 0 Å². The Morgan fingerprint density at radius 3 is 2.46 bits per heavy atom. The Balaban J connectivity index is 1.53. The Bertz CT molecular complexity index is 1370. The van der Waals surface area contributed by atoms with Gasteiger partial charge in [-0.25, -0.2) is 4.39 Å². The molecule has 1 aliphatic rings. The lowest BCUT2D eigenvalue weighted by Crippen LogP contribution is -2.33. The number of pyridine rings is 1. The number of para-hydroxylation sites is 1. The lowest BCUT2D eigenvalue weighted by Gasteiger charge is -2.12. The molecule has 192 valence electrons. The van der Waals surface area contributed by atoms with Crippen molar-refractivity contribution in [2.75, 3.05) is 13.2 Å². The highest BCUT2D eigenvalue weighted by Gasteiger charge is 2.49. The number of carbonyl (C=O) groups is 1. The van der Waals surface area contributed by atoms with Crippen molar-refractivity contribution in [2.45, 2.75) is 24.9 Å². The average molecular weight is 513 g/mol. The minimum atomic E-state index is -4.92. The molecule has 0 bridgehead atoms. The smallest absolute Gasteiger partial charge is 0.395 e. The summed E-state index contributed by atoms with van der Waals surface area (Å²) in [5.74, 6) is -1.42. The van der Waals surface area contributed by atoms with Crippen LogP contribution < -0.4 is 11.1 Å². The van der Waals surface area contributed by atoms with E-state index < -0.39 is 34.6 Å². The van der Waals surface area contributed by atoms with Gasteiger partial charge in [-0.05, 0) is 60.5 Å². The number of nitrogens with two attached hydrogens (primary N) is 1. The van der Waals surface area contributed by atoms with Crippen molar-refractivity contribution in [3.63, 3.8) is 0 Å². The molecular weight excluding hydrogens is 488 g/mol. The van der Waals surface area contributed by atoms with E-state index in [0.29, 0.717) is 22.6 Å². The number of fused-ring (bicyclic) bond motifs is 1. The Kier molecular flexibility index (Phi) is 7.13. The van der Waals surface area contributed by atoms with Crippen LogP contribution in [0.2, 0.25) is 0 Å². The summed E-state index contributed by atoms with van der Waals surface area (Å²) in [6.45, 7) is 1.70.